The van der Waals surface area contributed by atoms with Gasteiger partial charge in [-0.15, -0.1) is 0 Å². The smallest absolute Gasteiger partial charge is 0.241 e. The van der Waals surface area contributed by atoms with Gasteiger partial charge in [-0.2, -0.15) is 0 Å². The first-order chi connectivity index (χ1) is 10.2. The molecule has 114 valence electrons. The number of nitrogens with two attached hydrogens (primary N) is 1. The molecule has 0 bridgehead atoms. The minimum absolute atomic E-state index is 0.227. The molecule has 1 saturated heterocycles. The molecule has 2 N–H and O–H groups in total. The van der Waals surface area contributed by atoms with E-state index in [2.05, 4.69) is 24.0 Å². The Morgan fingerprint density at radius 3 is 2.95 bits per heavy atom. The van der Waals surface area contributed by atoms with Gasteiger partial charge in [0.15, 0.2) is 0 Å². The zero-order valence-electron chi connectivity index (χ0n) is 12.8. The second-order valence-electron chi connectivity index (χ2n) is 6.28. The number of piperidine rings is 1. The normalized spacial score (nSPS) is 25.9. The van der Waals surface area contributed by atoms with E-state index in [0.29, 0.717) is 18.5 Å². The van der Waals surface area contributed by atoms with Crippen molar-refractivity contribution >= 4 is 11.6 Å². The van der Waals surface area contributed by atoms with Crippen LogP contribution in [-0.4, -0.2) is 43.0 Å². The monoisotopic (exact) mass is 287 g/mol. The van der Waals surface area contributed by atoms with Crippen molar-refractivity contribution in [3.05, 3.63) is 29.8 Å². The summed E-state index contributed by atoms with van der Waals surface area (Å²) in [5.74, 6) is 0.752. The van der Waals surface area contributed by atoms with Crippen molar-refractivity contribution in [3.63, 3.8) is 0 Å². The van der Waals surface area contributed by atoms with E-state index in [0.717, 1.165) is 44.6 Å². The average molecular weight is 287 g/mol. The number of anilines is 1. The lowest BCUT2D eigenvalue weighted by Crippen LogP contribution is -2.50. The van der Waals surface area contributed by atoms with Gasteiger partial charge in [-0.3, -0.25) is 9.69 Å². The van der Waals surface area contributed by atoms with Gasteiger partial charge in [0.25, 0.3) is 0 Å². The number of hydrogen-bond acceptors (Lipinski definition) is 3. The van der Waals surface area contributed by atoms with Gasteiger partial charge in [0.05, 0.1) is 6.54 Å². The predicted octanol–water partition coefficient (Wildman–Crippen LogP) is 1.63. The van der Waals surface area contributed by atoms with Crippen molar-refractivity contribution in [2.45, 2.75) is 32.2 Å². The zero-order valence-corrected chi connectivity index (χ0v) is 12.8. The molecule has 0 aliphatic carbocycles. The van der Waals surface area contributed by atoms with Crippen LogP contribution in [0.1, 0.15) is 25.3 Å². The second-order valence-corrected chi connectivity index (χ2v) is 6.28. The number of nitrogens with zero attached hydrogens (tertiary/aromatic N) is 2. The lowest BCUT2D eigenvalue weighted by molar-refractivity contribution is -0.120. The first kappa shape index (κ1) is 14.5. The highest BCUT2D eigenvalue weighted by Gasteiger charge is 2.29. The molecular formula is C17H25N3O. The Kier molecular flexibility index (Phi) is 4.27. The summed E-state index contributed by atoms with van der Waals surface area (Å²) in [7, 11) is 0. The molecule has 4 nitrogen and oxygen atoms in total. The number of rotatable bonds is 3. The topological polar surface area (TPSA) is 49.6 Å². The summed E-state index contributed by atoms with van der Waals surface area (Å²) in [4.78, 5) is 16.8. The Bertz CT molecular complexity index is 517. The summed E-state index contributed by atoms with van der Waals surface area (Å²) in [6, 6.07) is 8.53. The quantitative estimate of drug-likeness (QED) is 0.919. The van der Waals surface area contributed by atoms with Crippen LogP contribution in [0.3, 0.4) is 0 Å². The molecule has 2 aliphatic rings. The predicted molar refractivity (Wildman–Crippen MR) is 85.3 cm³/mol. The van der Waals surface area contributed by atoms with Crippen LogP contribution in [0.15, 0.2) is 24.3 Å². The van der Waals surface area contributed by atoms with Gasteiger partial charge in [-0.05, 0) is 30.4 Å². The summed E-state index contributed by atoms with van der Waals surface area (Å²) in [6.07, 6.45) is 3.07. The average Bonchev–Trinajstić information content (AvgIpc) is 2.93. The summed E-state index contributed by atoms with van der Waals surface area (Å²) >= 11 is 0. The molecule has 3 rings (SSSR count). The van der Waals surface area contributed by atoms with Crippen LogP contribution >= 0.6 is 0 Å². The van der Waals surface area contributed by atoms with Crippen molar-refractivity contribution in [1.82, 2.24) is 4.90 Å². The molecule has 0 aromatic heterocycles. The van der Waals surface area contributed by atoms with E-state index in [1.54, 1.807) is 0 Å². The molecule has 2 unspecified atom stereocenters. The highest BCUT2D eigenvalue weighted by molar-refractivity contribution is 5.96. The fourth-order valence-electron chi connectivity index (χ4n) is 3.58. The maximum atomic E-state index is 12.6. The maximum absolute atomic E-state index is 12.6. The number of carbonyl (C=O) groups is 1. The third kappa shape index (κ3) is 2.97. The number of likely N-dealkylation sites (tertiary alicyclic amines) is 1. The van der Waals surface area contributed by atoms with E-state index in [9.17, 15) is 4.79 Å². The Labute approximate surface area is 126 Å². The molecule has 2 heterocycles. The van der Waals surface area contributed by atoms with Crippen LogP contribution in [0.25, 0.3) is 0 Å². The number of para-hydroxylation sites is 1. The van der Waals surface area contributed by atoms with Gasteiger partial charge < -0.3 is 10.6 Å². The molecule has 21 heavy (non-hydrogen) atoms. The van der Waals surface area contributed by atoms with Crippen molar-refractivity contribution in [2.75, 3.05) is 31.1 Å². The standard InChI is InChI=1S/C17H25N3O/c1-2-13-11-19(9-8-15(13)18)12-17(21)20-10-7-14-5-3-4-6-16(14)20/h3-6,13,15H,2,7-12,18H2,1H3. The van der Waals surface area contributed by atoms with Crippen molar-refractivity contribution < 1.29 is 4.79 Å². The van der Waals surface area contributed by atoms with Crippen molar-refractivity contribution in [3.8, 4) is 0 Å². The summed E-state index contributed by atoms with van der Waals surface area (Å²) in [5.41, 5.74) is 8.54. The number of amides is 1. The molecule has 0 radical (unpaired) electrons. The molecule has 1 aromatic carbocycles. The molecule has 0 saturated carbocycles. The number of benzene rings is 1. The van der Waals surface area contributed by atoms with Crippen LogP contribution in [0, 0.1) is 5.92 Å². The first-order valence-electron chi connectivity index (χ1n) is 8.05. The van der Waals surface area contributed by atoms with E-state index in [1.807, 2.05) is 17.0 Å². The van der Waals surface area contributed by atoms with Gasteiger partial charge in [0, 0.05) is 31.4 Å². The fraction of sp³-hybridized carbons (Fsp3) is 0.588. The molecule has 1 amide bonds. The molecule has 1 fully saturated rings. The molecular weight excluding hydrogens is 262 g/mol. The van der Waals surface area contributed by atoms with Crippen molar-refractivity contribution in [2.24, 2.45) is 11.7 Å². The van der Waals surface area contributed by atoms with Gasteiger partial charge >= 0.3 is 0 Å². The van der Waals surface area contributed by atoms with E-state index >= 15 is 0 Å². The van der Waals surface area contributed by atoms with E-state index in [4.69, 9.17) is 5.73 Å². The Morgan fingerprint density at radius 1 is 1.33 bits per heavy atom. The van der Waals surface area contributed by atoms with Gasteiger partial charge in [-0.1, -0.05) is 31.5 Å². The van der Waals surface area contributed by atoms with E-state index in [-0.39, 0.29) is 5.91 Å². The SMILES string of the molecule is CCC1CN(CC(=O)N2CCc3ccccc32)CCC1N. The van der Waals surface area contributed by atoms with Gasteiger partial charge in [0.2, 0.25) is 5.91 Å². The minimum atomic E-state index is 0.227. The third-order valence-electron chi connectivity index (χ3n) is 4.95. The minimum Gasteiger partial charge on any atom is -0.327 e. The van der Waals surface area contributed by atoms with Crippen LogP contribution in [0.4, 0.5) is 5.69 Å². The Hall–Kier alpha value is -1.39. The van der Waals surface area contributed by atoms with Gasteiger partial charge in [-0.25, -0.2) is 0 Å². The first-order valence-corrected chi connectivity index (χ1v) is 8.05. The third-order valence-corrected chi connectivity index (χ3v) is 4.95. The molecule has 4 heteroatoms. The second kappa shape index (κ2) is 6.16. The lowest BCUT2D eigenvalue weighted by atomic mass is 9.91. The van der Waals surface area contributed by atoms with Gasteiger partial charge in [0.1, 0.15) is 0 Å². The van der Waals surface area contributed by atoms with Crippen LogP contribution in [0.5, 0.6) is 0 Å². The van der Waals surface area contributed by atoms with Crippen LogP contribution in [-0.2, 0) is 11.2 Å². The molecule has 0 spiro atoms. The largest absolute Gasteiger partial charge is 0.327 e. The molecule has 2 aliphatic heterocycles. The lowest BCUT2D eigenvalue weighted by Gasteiger charge is -2.36. The molecule has 1 aromatic rings. The van der Waals surface area contributed by atoms with Crippen LogP contribution < -0.4 is 10.6 Å². The summed E-state index contributed by atoms with van der Waals surface area (Å²) in [6.45, 7) is 5.44. The van der Waals surface area contributed by atoms with E-state index < -0.39 is 0 Å². The highest BCUT2D eigenvalue weighted by atomic mass is 16.2. The summed E-state index contributed by atoms with van der Waals surface area (Å²) in [5, 5.41) is 0. The Balaban J connectivity index is 1.63. The zero-order chi connectivity index (χ0) is 14.8. The highest BCUT2D eigenvalue weighted by Crippen LogP contribution is 2.28. The maximum Gasteiger partial charge on any atom is 0.241 e. The Morgan fingerprint density at radius 2 is 2.14 bits per heavy atom. The van der Waals surface area contributed by atoms with Crippen LogP contribution in [0.2, 0.25) is 0 Å². The van der Waals surface area contributed by atoms with Crippen molar-refractivity contribution in [1.29, 1.82) is 0 Å². The molecule has 2 atom stereocenters. The number of hydrogen-bond donors (Lipinski definition) is 1. The summed E-state index contributed by atoms with van der Waals surface area (Å²) < 4.78 is 0. The van der Waals surface area contributed by atoms with E-state index in [1.165, 1.54) is 5.56 Å². The number of fused-ring (bicyclic) bond motifs is 1. The fourth-order valence-corrected chi connectivity index (χ4v) is 3.58. The number of carbonyl (C=O) groups excluding carboxylic acids is 1.